The first-order chi connectivity index (χ1) is 10.0. The lowest BCUT2D eigenvalue weighted by Gasteiger charge is -2.29. The van der Waals surface area contributed by atoms with Crippen LogP contribution in [0.15, 0.2) is 12.1 Å². The minimum Gasteiger partial charge on any atom is -0.492 e. The molecule has 2 rings (SSSR count). The molecule has 1 heterocycles. The third kappa shape index (κ3) is 4.02. The fourth-order valence-electron chi connectivity index (χ4n) is 2.38. The van der Waals surface area contributed by atoms with Crippen molar-refractivity contribution in [2.45, 2.75) is 38.8 Å². The van der Waals surface area contributed by atoms with Crippen LogP contribution in [0.25, 0.3) is 0 Å². The zero-order chi connectivity index (χ0) is 15.4. The number of hydrogen-bond donors (Lipinski definition) is 2. The van der Waals surface area contributed by atoms with E-state index in [2.05, 4.69) is 10.6 Å². The average Bonchev–Trinajstić information content (AvgIpc) is 2.45. The van der Waals surface area contributed by atoms with Crippen molar-refractivity contribution < 1.29 is 9.53 Å². The normalized spacial score (nSPS) is 18.6. The second kappa shape index (κ2) is 7.34. The topological polar surface area (TPSA) is 50.4 Å². The Hall–Kier alpha value is -0.970. The number of nitrogens with one attached hydrogen (secondary N) is 2. The molecule has 0 aromatic heterocycles. The molecule has 1 aliphatic heterocycles. The van der Waals surface area contributed by atoms with Gasteiger partial charge in [-0.1, -0.05) is 30.1 Å². The van der Waals surface area contributed by atoms with Gasteiger partial charge in [0.25, 0.3) is 0 Å². The number of benzene rings is 1. The SMILES string of the molecule is CCCNC(=O)C(C)NC1CCOc2c(Cl)cc(Cl)cc21. The number of carbonyl (C=O) groups excluding carboxylic acids is 1. The molecule has 116 valence electrons. The van der Waals surface area contributed by atoms with E-state index in [4.69, 9.17) is 27.9 Å². The molecule has 2 atom stereocenters. The number of halogens is 2. The summed E-state index contributed by atoms with van der Waals surface area (Å²) >= 11 is 12.2. The molecule has 21 heavy (non-hydrogen) atoms. The predicted octanol–water partition coefficient (Wildman–Crippen LogP) is 3.32. The van der Waals surface area contributed by atoms with Crippen LogP contribution in [0.5, 0.6) is 5.75 Å². The molecule has 0 aliphatic carbocycles. The van der Waals surface area contributed by atoms with E-state index in [1.165, 1.54) is 0 Å². The van der Waals surface area contributed by atoms with E-state index < -0.39 is 0 Å². The maximum absolute atomic E-state index is 12.0. The molecule has 0 saturated carbocycles. The van der Waals surface area contributed by atoms with Gasteiger partial charge in [-0.3, -0.25) is 10.1 Å². The largest absolute Gasteiger partial charge is 0.492 e. The first-order valence-electron chi connectivity index (χ1n) is 7.18. The third-order valence-corrected chi connectivity index (χ3v) is 3.96. The molecule has 0 fully saturated rings. The van der Waals surface area contributed by atoms with Crippen molar-refractivity contribution >= 4 is 29.1 Å². The van der Waals surface area contributed by atoms with Gasteiger partial charge in [-0.2, -0.15) is 0 Å². The molecule has 6 heteroatoms. The highest BCUT2D eigenvalue weighted by Gasteiger charge is 2.26. The second-order valence-electron chi connectivity index (χ2n) is 5.18. The number of rotatable bonds is 5. The molecule has 2 unspecified atom stereocenters. The van der Waals surface area contributed by atoms with Crippen LogP contribution in [0, 0.1) is 0 Å². The highest BCUT2D eigenvalue weighted by atomic mass is 35.5. The van der Waals surface area contributed by atoms with E-state index in [0.29, 0.717) is 28.9 Å². The van der Waals surface area contributed by atoms with Crippen molar-refractivity contribution in [1.82, 2.24) is 10.6 Å². The summed E-state index contributed by atoms with van der Waals surface area (Å²) in [5.74, 6) is 0.656. The molecule has 1 aromatic rings. The monoisotopic (exact) mass is 330 g/mol. The Morgan fingerprint density at radius 1 is 1.48 bits per heavy atom. The van der Waals surface area contributed by atoms with Crippen molar-refractivity contribution in [3.05, 3.63) is 27.7 Å². The summed E-state index contributed by atoms with van der Waals surface area (Å²) in [5, 5.41) is 7.29. The summed E-state index contributed by atoms with van der Waals surface area (Å²) in [6.07, 6.45) is 1.69. The van der Waals surface area contributed by atoms with E-state index in [1.54, 1.807) is 6.07 Å². The Morgan fingerprint density at radius 3 is 2.95 bits per heavy atom. The number of ether oxygens (including phenoxy) is 1. The maximum atomic E-state index is 12.0. The summed E-state index contributed by atoms with van der Waals surface area (Å²) in [6.45, 7) is 5.13. The third-order valence-electron chi connectivity index (χ3n) is 3.46. The molecular formula is C15H20Cl2N2O2. The highest BCUT2D eigenvalue weighted by Crippen LogP contribution is 2.40. The smallest absolute Gasteiger partial charge is 0.236 e. The molecule has 1 amide bonds. The molecule has 0 bridgehead atoms. The molecular weight excluding hydrogens is 311 g/mol. The molecule has 0 spiro atoms. The van der Waals surface area contributed by atoms with E-state index in [1.807, 2.05) is 19.9 Å². The van der Waals surface area contributed by atoms with Gasteiger partial charge in [0.05, 0.1) is 17.7 Å². The minimum absolute atomic E-state index is 0.00184. The van der Waals surface area contributed by atoms with Crippen LogP contribution in [-0.2, 0) is 4.79 Å². The Kier molecular flexibility index (Phi) is 5.73. The van der Waals surface area contributed by atoms with Gasteiger partial charge in [0, 0.05) is 29.6 Å². The Labute approximate surface area is 135 Å². The van der Waals surface area contributed by atoms with Crippen molar-refractivity contribution in [3.63, 3.8) is 0 Å². The summed E-state index contributed by atoms with van der Waals surface area (Å²) in [7, 11) is 0. The van der Waals surface area contributed by atoms with Crippen LogP contribution < -0.4 is 15.4 Å². The first-order valence-corrected chi connectivity index (χ1v) is 7.94. The molecule has 4 nitrogen and oxygen atoms in total. The number of amides is 1. The van der Waals surface area contributed by atoms with Crippen molar-refractivity contribution in [2.75, 3.05) is 13.2 Å². The molecule has 0 saturated heterocycles. The van der Waals surface area contributed by atoms with E-state index in [0.717, 1.165) is 18.4 Å². The van der Waals surface area contributed by atoms with Gasteiger partial charge in [-0.05, 0) is 25.5 Å². The van der Waals surface area contributed by atoms with Gasteiger partial charge in [-0.25, -0.2) is 0 Å². The molecule has 1 aliphatic rings. The lowest BCUT2D eigenvalue weighted by atomic mass is 9.99. The Bertz CT molecular complexity index is 523. The number of carbonyl (C=O) groups is 1. The zero-order valence-electron chi connectivity index (χ0n) is 12.2. The molecule has 1 aromatic carbocycles. The highest BCUT2D eigenvalue weighted by molar-refractivity contribution is 6.35. The van der Waals surface area contributed by atoms with Gasteiger partial charge in [0.2, 0.25) is 5.91 Å². The van der Waals surface area contributed by atoms with Gasteiger partial charge in [0.1, 0.15) is 5.75 Å². The fraction of sp³-hybridized carbons (Fsp3) is 0.533. The fourth-order valence-corrected chi connectivity index (χ4v) is 2.94. The number of hydrogen-bond acceptors (Lipinski definition) is 3. The zero-order valence-corrected chi connectivity index (χ0v) is 13.7. The average molecular weight is 331 g/mol. The van der Waals surface area contributed by atoms with E-state index >= 15 is 0 Å². The quantitative estimate of drug-likeness (QED) is 0.870. The molecule has 2 N–H and O–H groups in total. The van der Waals surface area contributed by atoms with Crippen molar-refractivity contribution in [1.29, 1.82) is 0 Å². The summed E-state index contributed by atoms with van der Waals surface area (Å²) in [6, 6.07) is 3.23. The van der Waals surface area contributed by atoms with Gasteiger partial charge in [0.15, 0.2) is 0 Å². The van der Waals surface area contributed by atoms with Crippen molar-refractivity contribution in [2.24, 2.45) is 0 Å². The summed E-state index contributed by atoms with van der Waals surface area (Å²) in [5.41, 5.74) is 0.911. The lowest BCUT2D eigenvalue weighted by Crippen LogP contribution is -2.44. The second-order valence-corrected chi connectivity index (χ2v) is 6.02. The standard InChI is InChI=1S/C15H20Cl2N2O2/c1-3-5-18-15(20)9(2)19-13-4-6-21-14-11(13)7-10(16)8-12(14)17/h7-9,13,19H,3-6H2,1-2H3,(H,18,20). The van der Waals surface area contributed by atoms with Gasteiger partial charge < -0.3 is 10.1 Å². The van der Waals surface area contributed by atoms with E-state index in [9.17, 15) is 4.79 Å². The lowest BCUT2D eigenvalue weighted by molar-refractivity contribution is -0.123. The Balaban J connectivity index is 2.11. The van der Waals surface area contributed by atoms with E-state index in [-0.39, 0.29) is 18.0 Å². The van der Waals surface area contributed by atoms with Crippen LogP contribution in [0.4, 0.5) is 0 Å². The summed E-state index contributed by atoms with van der Waals surface area (Å²) in [4.78, 5) is 12.0. The molecule has 0 radical (unpaired) electrons. The van der Waals surface area contributed by atoms with Gasteiger partial charge in [-0.15, -0.1) is 0 Å². The summed E-state index contributed by atoms with van der Waals surface area (Å²) < 4.78 is 5.62. The number of fused-ring (bicyclic) bond motifs is 1. The van der Waals surface area contributed by atoms with Crippen LogP contribution in [0.3, 0.4) is 0 Å². The maximum Gasteiger partial charge on any atom is 0.236 e. The van der Waals surface area contributed by atoms with Crippen LogP contribution in [0.2, 0.25) is 10.0 Å². The first kappa shape index (κ1) is 16.4. The minimum atomic E-state index is -0.287. The van der Waals surface area contributed by atoms with Crippen LogP contribution >= 0.6 is 23.2 Å². The predicted molar refractivity (Wildman–Crippen MR) is 85.2 cm³/mol. The Morgan fingerprint density at radius 2 is 2.24 bits per heavy atom. The van der Waals surface area contributed by atoms with Gasteiger partial charge >= 0.3 is 0 Å². The van der Waals surface area contributed by atoms with Crippen molar-refractivity contribution in [3.8, 4) is 5.75 Å². The van der Waals surface area contributed by atoms with Crippen LogP contribution in [0.1, 0.15) is 38.3 Å². The van der Waals surface area contributed by atoms with Crippen LogP contribution in [-0.4, -0.2) is 25.1 Å².